The van der Waals surface area contributed by atoms with Crippen molar-refractivity contribution in [3.05, 3.63) is 84.1 Å². The van der Waals surface area contributed by atoms with Gasteiger partial charge in [0.15, 0.2) is 0 Å². The molecule has 0 saturated carbocycles. The Morgan fingerprint density at radius 3 is 2.54 bits per heavy atom. The fraction of sp³-hybridized carbons (Fsp3) is 0.261. The summed E-state index contributed by atoms with van der Waals surface area (Å²) in [6, 6.07) is 15.3. The minimum atomic E-state index is -0.128. The summed E-state index contributed by atoms with van der Waals surface area (Å²) in [6.45, 7) is 4.94. The second kappa shape index (κ2) is 7.71. The predicted molar refractivity (Wildman–Crippen MR) is 107 cm³/mol. The molecule has 2 aromatic carbocycles. The highest BCUT2D eigenvalue weighted by atomic mass is 16.1. The number of benzene rings is 2. The lowest BCUT2D eigenvalue weighted by molar-refractivity contribution is -0.109. The molecule has 0 amide bonds. The number of carbonyl (C=O) groups is 1. The average Bonchev–Trinajstić information content (AvgIpc) is 2.94. The summed E-state index contributed by atoms with van der Waals surface area (Å²) in [5, 5.41) is 2.60. The van der Waals surface area contributed by atoms with Crippen molar-refractivity contribution in [1.82, 2.24) is 9.80 Å². The highest BCUT2D eigenvalue weighted by Gasteiger charge is 2.22. The Kier molecular flexibility index (Phi) is 4.98. The van der Waals surface area contributed by atoms with Gasteiger partial charge in [0.05, 0.1) is 5.92 Å². The van der Waals surface area contributed by atoms with Gasteiger partial charge in [0, 0.05) is 38.4 Å². The number of fused-ring (bicyclic) bond motifs is 1. The third-order valence-electron chi connectivity index (χ3n) is 5.25. The summed E-state index contributed by atoms with van der Waals surface area (Å²) < 4.78 is 0. The van der Waals surface area contributed by atoms with Crippen molar-refractivity contribution in [1.29, 1.82) is 0 Å². The molecular formula is C23H24N2O. The average molecular weight is 344 g/mol. The van der Waals surface area contributed by atoms with Crippen molar-refractivity contribution < 1.29 is 4.79 Å². The van der Waals surface area contributed by atoms with Gasteiger partial charge < -0.3 is 9.69 Å². The number of hydrogen-bond acceptors (Lipinski definition) is 3. The summed E-state index contributed by atoms with van der Waals surface area (Å²) >= 11 is 0. The molecule has 2 aliphatic rings. The lowest BCUT2D eigenvalue weighted by Crippen LogP contribution is -2.46. The molecule has 0 radical (unpaired) electrons. The van der Waals surface area contributed by atoms with E-state index in [0.717, 1.165) is 44.7 Å². The molecule has 0 N–H and O–H groups in total. The van der Waals surface area contributed by atoms with Gasteiger partial charge >= 0.3 is 0 Å². The van der Waals surface area contributed by atoms with E-state index in [-0.39, 0.29) is 5.92 Å². The summed E-state index contributed by atoms with van der Waals surface area (Å²) in [5.41, 5.74) is 2.48. The van der Waals surface area contributed by atoms with E-state index in [1.807, 2.05) is 24.3 Å². The monoisotopic (exact) mass is 344 g/mol. The van der Waals surface area contributed by atoms with Crippen LogP contribution in [0.4, 0.5) is 0 Å². The summed E-state index contributed by atoms with van der Waals surface area (Å²) in [4.78, 5) is 16.3. The zero-order valence-electron chi connectivity index (χ0n) is 14.9. The van der Waals surface area contributed by atoms with E-state index in [1.165, 1.54) is 16.3 Å². The lowest BCUT2D eigenvalue weighted by atomic mass is 10.0. The maximum Gasteiger partial charge on any atom is 0.132 e. The van der Waals surface area contributed by atoms with Crippen molar-refractivity contribution in [2.24, 2.45) is 5.92 Å². The molecule has 1 unspecified atom stereocenters. The predicted octanol–water partition coefficient (Wildman–Crippen LogP) is 3.78. The van der Waals surface area contributed by atoms with Gasteiger partial charge in [-0.05, 0) is 28.5 Å². The fourth-order valence-electron chi connectivity index (χ4n) is 3.80. The summed E-state index contributed by atoms with van der Waals surface area (Å²) in [5.74, 6) is -0.128. The quantitative estimate of drug-likeness (QED) is 0.789. The van der Waals surface area contributed by atoms with Crippen molar-refractivity contribution in [3.8, 4) is 0 Å². The van der Waals surface area contributed by atoms with Gasteiger partial charge in [-0.3, -0.25) is 4.90 Å². The Balaban J connectivity index is 1.40. The number of carbonyl (C=O) groups excluding carboxylic acids is 1. The van der Waals surface area contributed by atoms with E-state index in [0.29, 0.717) is 0 Å². The topological polar surface area (TPSA) is 23.6 Å². The standard InChI is InChI=1S/C23H24N2O/c26-18-22-8-2-1-3-9-23(22)25-14-12-24(13-15-25)17-19-10-11-20-6-4-5-7-21(20)16-19/h1-11,16,18,22H,12-15,17H2. The van der Waals surface area contributed by atoms with E-state index >= 15 is 0 Å². The minimum Gasteiger partial charge on any atom is -0.371 e. The fourth-order valence-corrected chi connectivity index (χ4v) is 3.80. The first-order valence-electron chi connectivity index (χ1n) is 9.29. The van der Waals surface area contributed by atoms with Crippen LogP contribution in [0.5, 0.6) is 0 Å². The smallest absolute Gasteiger partial charge is 0.132 e. The van der Waals surface area contributed by atoms with Crippen LogP contribution in [-0.2, 0) is 11.3 Å². The second-order valence-electron chi connectivity index (χ2n) is 6.97. The van der Waals surface area contributed by atoms with Gasteiger partial charge in [-0.25, -0.2) is 0 Å². The number of nitrogens with zero attached hydrogens (tertiary/aromatic N) is 2. The van der Waals surface area contributed by atoms with E-state index in [4.69, 9.17) is 0 Å². The summed E-state index contributed by atoms with van der Waals surface area (Å²) in [6.07, 6.45) is 11.1. The normalized spacial score (nSPS) is 20.8. The van der Waals surface area contributed by atoms with Crippen LogP contribution >= 0.6 is 0 Å². The van der Waals surface area contributed by atoms with Crippen molar-refractivity contribution >= 4 is 17.1 Å². The van der Waals surface area contributed by atoms with Crippen LogP contribution < -0.4 is 0 Å². The van der Waals surface area contributed by atoms with Crippen LogP contribution in [0, 0.1) is 5.92 Å². The molecule has 0 spiro atoms. The molecule has 2 aromatic rings. The lowest BCUT2D eigenvalue weighted by Gasteiger charge is -2.38. The maximum absolute atomic E-state index is 11.4. The van der Waals surface area contributed by atoms with Gasteiger partial charge in [-0.1, -0.05) is 60.7 Å². The van der Waals surface area contributed by atoms with Crippen LogP contribution in [0.1, 0.15) is 5.56 Å². The SMILES string of the molecule is O=CC1C=CC=CC=C1N1CCN(Cc2ccc3ccccc3c2)CC1. The number of piperazine rings is 1. The zero-order chi connectivity index (χ0) is 17.8. The van der Waals surface area contributed by atoms with Crippen LogP contribution in [0.25, 0.3) is 10.8 Å². The number of allylic oxidation sites excluding steroid dienone is 5. The summed E-state index contributed by atoms with van der Waals surface area (Å²) in [7, 11) is 0. The molecule has 3 nitrogen and oxygen atoms in total. The molecule has 132 valence electrons. The first-order chi connectivity index (χ1) is 12.8. The van der Waals surface area contributed by atoms with Gasteiger partial charge in [-0.15, -0.1) is 0 Å². The van der Waals surface area contributed by atoms with Crippen LogP contribution in [-0.4, -0.2) is 42.3 Å². The Hall–Kier alpha value is -2.65. The Morgan fingerprint density at radius 1 is 0.923 bits per heavy atom. The van der Waals surface area contributed by atoms with Crippen LogP contribution in [0.3, 0.4) is 0 Å². The highest BCUT2D eigenvalue weighted by molar-refractivity contribution is 5.82. The van der Waals surface area contributed by atoms with Gasteiger partial charge in [0.1, 0.15) is 6.29 Å². The van der Waals surface area contributed by atoms with E-state index in [1.54, 1.807) is 0 Å². The molecule has 1 aliphatic heterocycles. The van der Waals surface area contributed by atoms with Gasteiger partial charge in [-0.2, -0.15) is 0 Å². The molecule has 1 fully saturated rings. The van der Waals surface area contributed by atoms with Crippen LogP contribution in [0.15, 0.2) is 78.5 Å². The highest BCUT2D eigenvalue weighted by Crippen LogP contribution is 2.22. The number of hydrogen-bond donors (Lipinski definition) is 0. The molecule has 1 heterocycles. The Bertz CT molecular complexity index is 873. The third kappa shape index (κ3) is 3.63. The van der Waals surface area contributed by atoms with Crippen molar-refractivity contribution in [3.63, 3.8) is 0 Å². The largest absolute Gasteiger partial charge is 0.371 e. The zero-order valence-corrected chi connectivity index (χ0v) is 14.9. The molecule has 26 heavy (non-hydrogen) atoms. The first kappa shape index (κ1) is 16.8. The third-order valence-corrected chi connectivity index (χ3v) is 5.25. The van der Waals surface area contributed by atoms with Crippen molar-refractivity contribution in [2.75, 3.05) is 26.2 Å². The van der Waals surface area contributed by atoms with Crippen molar-refractivity contribution in [2.45, 2.75) is 6.54 Å². The minimum absolute atomic E-state index is 0.128. The van der Waals surface area contributed by atoms with Gasteiger partial charge in [0.25, 0.3) is 0 Å². The molecule has 0 bridgehead atoms. The first-order valence-corrected chi connectivity index (χ1v) is 9.29. The van der Waals surface area contributed by atoms with E-state index < -0.39 is 0 Å². The molecule has 1 aliphatic carbocycles. The number of rotatable bonds is 4. The maximum atomic E-state index is 11.4. The molecule has 1 saturated heterocycles. The van der Waals surface area contributed by atoms with Crippen LogP contribution in [0.2, 0.25) is 0 Å². The number of aldehydes is 1. The molecule has 0 aromatic heterocycles. The second-order valence-corrected chi connectivity index (χ2v) is 6.97. The van der Waals surface area contributed by atoms with Gasteiger partial charge in [0.2, 0.25) is 0 Å². The molecule has 4 rings (SSSR count). The molecule has 3 heteroatoms. The molecule has 1 atom stereocenters. The van der Waals surface area contributed by atoms with E-state index in [2.05, 4.69) is 58.3 Å². The molecular weight excluding hydrogens is 320 g/mol. The Morgan fingerprint density at radius 2 is 1.73 bits per heavy atom. The Labute approximate surface area is 154 Å². The van der Waals surface area contributed by atoms with E-state index in [9.17, 15) is 4.79 Å².